The average molecular weight is 386 g/mol. The van der Waals surface area contributed by atoms with Gasteiger partial charge in [0.15, 0.2) is 5.65 Å². The molecule has 0 saturated carbocycles. The van der Waals surface area contributed by atoms with Gasteiger partial charge >= 0.3 is 0 Å². The lowest BCUT2D eigenvalue weighted by molar-refractivity contribution is 0.0284. The summed E-state index contributed by atoms with van der Waals surface area (Å²) in [4.78, 5) is 11.6. The predicted octanol–water partition coefficient (Wildman–Crippen LogP) is 1.90. The quantitative estimate of drug-likeness (QED) is 0.707. The van der Waals surface area contributed by atoms with Crippen LogP contribution in [0.4, 0.5) is 16.0 Å². The summed E-state index contributed by atoms with van der Waals surface area (Å²) in [5, 5.41) is 14.5. The van der Waals surface area contributed by atoms with Crippen LogP contribution in [0, 0.1) is 5.92 Å². The first-order valence-electron chi connectivity index (χ1n) is 9.67. The molecule has 0 radical (unpaired) electrons. The number of hydrogen-bond acceptors (Lipinski definition) is 7. The van der Waals surface area contributed by atoms with Crippen molar-refractivity contribution in [2.75, 3.05) is 36.5 Å². The van der Waals surface area contributed by atoms with Gasteiger partial charge in [-0.05, 0) is 18.8 Å². The molecule has 28 heavy (non-hydrogen) atoms. The number of H-pyrrole nitrogens is 1. The molecule has 0 aromatic carbocycles. The van der Waals surface area contributed by atoms with Gasteiger partial charge in [-0.25, -0.2) is 9.37 Å². The van der Waals surface area contributed by atoms with E-state index < -0.39 is 6.17 Å². The Balaban J connectivity index is 1.56. The van der Waals surface area contributed by atoms with Crippen LogP contribution in [0.5, 0.6) is 0 Å². The summed E-state index contributed by atoms with van der Waals surface area (Å²) < 4.78 is 21.0. The maximum Gasteiger partial charge on any atom is 0.243 e. The zero-order valence-corrected chi connectivity index (χ0v) is 15.7. The van der Waals surface area contributed by atoms with E-state index in [0.717, 1.165) is 36.5 Å². The highest BCUT2D eigenvalue weighted by atomic mass is 19.1. The highest BCUT2D eigenvalue weighted by molar-refractivity contribution is 5.85. The second-order valence-electron chi connectivity index (χ2n) is 7.60. The highest BCUT2D eigenvalue weighted by Crippen LogP contribution is 2.35. The third kappa shape index (κ3) is 3.07. The Morgan fingerprint density at radius 2 is 2.29 bits per heavy atom. The number of nitrogens with one attached hydrogen (secondary N) is 2. The van der Waals surface area contributed by atoms with Crippen LogP contribution in [-0.2, 0) is 4.74 Å². The van der Waals surface area contributed by atoms with Crippen LogP contribution in [0.3, 0.4) is 0 Å². The van der Waals surface area contributed by atoms with Crippen molar-refractivity contribution in [3.05, 3.63) is 18.7 Å². The first kappa shape index (κ1) is 17.4. The number of nitrogens with zero attached hydrogens (tertiary/aromatic N) is 6. The standard InChI is InChI=1S/C18H23FN8O/c1-11-2-4-26(8-11)16-15(12-6-21-22-7-12)20-10-27-17(16)24-18(25-27)23-14-3-5-28-9-13(14)19/h6-7,10-11,13-14H,2-5,8-9H2,1H3,(H,21,22)(H,23,25)/t11?,13-,14?/m1/s1. The molecule has 9 nitrogen and oxygen atoms in total. The van der Waals surface area contributed by atoms with Crippen molar-refractivity contribution >= 4 is 17.3 Å². The normalized spacial score (nSPS) is 25.5. The molecule has 148 valence electrons. The molecule has 3 aromatic heterocycles. The van der Waals surface area contributed by atoms with E-state index in [9.17, 15) is 4.39 Å². The Hall–Kier alpha value is -2.75. The highest BCUT2D eigenvalue weighted by Gasteiger charge is 2.29. The smallest absolute Gasteiger partial charge is 0.243 e. The van der Waals surface area contributed by atoms with Crippen LogP contribution in [-0.4, -0.2) is 68.3 Å². The van der Waals surface area contributed by atoms with Crippen LogP contribution < -0.4 is 10.2 Å². The zero-order valence-electron chi connectivity index (χ0n) is 15.7. The number of ether oxygens (including phenoxy) is 1. The number of rotatable bonds is 4. The molecular formula is C18H23FN8O. The summed E-state index contributed by atoms with van der Waals surface area (Å²) in [5.74, 6) is 1.02. The molecule has 0 amide bonds. The van der Waals surface area contributed by atoms with Crippen LogP contribution in [0.2, 0.25) is 0 Å². The van der Waals surface area contributed by atoms with Crippen molar-refractivity contribution in [3.63, 3.8) is 0 Å². The van der Waals surface area contributed by atoms with Crippen molar-refractivity contribution in [1.82, 2.24) is 29.8 Å². The zero-order chi connectivity index (χ0) is 19.1. The summed E-state index contributed by atoms with van der Waals surface area (Å²) in [5.41, 5.74) is 3.38. The first-order chi connectivity index (χ1) is 13.7. The monoisotopic (exact) mass is 386 g/mol. The topological polar surface area (TPSA) is 96.3 Å². The summed E-state index contributed by atoms with van der Waals surface area (Å²) in [6, 6.07) is -0.345. The second kappa shape index (κ2) is 7.01. The molecule has 5 rings (SSSR count). The van der Waals surface area contributed by atoms with Gasteiger partial charge in [-0.2, -0.15) is 14.6 Å². The number of aromatic amines is 1. The SMILES string of the molecule is CC1CCN(c2c(-c3cn[nH]c3)ncn3nc(NC4CCOC[C@H]4F)nc23)C1. The fourth-order valence-electron chi connectivity index (χ4n) is 3.96. The Morgan fingerprint density at radius 1 is 1.36 bits per heavy atom. The Bertz CT molecular complexity index is 958. The van der Waals surface area contributed by atoms with Crippen molar-refractivity contribution in [2.45, 2.75) is 32.0 Å². The van der Waals surface area contributed by atoms with Gasteiger partial charge in [0.05, 0.1) is 18.8 Å². The fourth-order valence-corrected chi connectivity index (χ4v) is 3.96. The van der Waals surface area contributed by atoms with Crippen molar-refractivity contribution in [1.29, 1.82) is 0 Å². The largest absolute Gasteiger partial charge is 0.378 e. The van der Waals surface area contributed by atoms with E-state index in [4.69, 9.17) is 9.72 Å². The lowest BCUT2D eigenvalue weighted by Crippen LogP contribution is -2.39. The van der Waals surface area contributed by atoms with E-state index >= 15 is 0 Å². The van der Waals surface area contributed by atoms with Crippen LogP contribution >= 0.6 is 0 Å². The molecule has 3 atom stereocenters. The maximum absolute atomic E-state index is 14.1. The van der Waals surface area contributed by atoms with E-state index in [-0.39, 0.29) is 12.6 Å². The van der Waals surface area contributed by atoms with E-state index in [1.54, 1.807) is 17.0 Å². The van der Waals surface area contributed by atoms with Gasteiger partial charge in [0.25, 0.3) is 0 Å². The molecule has 2 saturated heterocycles. The lowest BCUT2D eigenvalue weighted by atomic mass is 10.1. The molecule has 2 unspecified atom stereocenters. The Labute approximate surface area is 161 Å². The van der Waals surface area contributed by atoms with Gasteiger partial charge in [0.2, 0.25) is 5.95 Å². The summed E-state index contributed by atoms with van der Waals surface area (Å²) >= 11 is 0. The van der Waals surface area contributed by atoms with E-state index in [1.165, 1.54) is 0 Å². The molecule has 0 aliphatic carbocycles. The predicted molar refractivity (Wildman–Crippen MR) is 102 cm³/mol. The Kier molecular flexibility index (Phi) is 4.34. The molecule has 2 aliphatic heterocycles. The van der Waals surface area contributed by atoms with Gasteiger partial charge < -0.3 is 15.0 Å². The molecule has 10 heteroatoms. The first-order valence-corrected chi connectivity index (χ1v) is 9.67. The lowest BCUT2D eigenvalue weighted by Gasteiger charge is -2.26. The van der Waals surface area contributed by atoms with E-state index in [0.29, 0.717) is 30.5 Å². The van der Waals surface area contributed by atoms with Gasteiger partial charge in [0.1, 0.15) is 23.9 Å². The van der Waals surface area contributed by atoms with Gasteiger partial charge in [0, 0.05) is 31.5 Å². The van der Waals surface area contributed by atoms with Crippen molar-refractivity contribution in [3.8, 4) is 11.3 Å². The number of fused-ring (bicyclic) bond motifs is 1. The molecule has 3 aromatic rings. The number of anilines is 2. The number of aromatic nitrogens is 6. The summed E-state index contributed by atoms with van der Waals surface area (Å²) in [6.07, 6.45) is 5.87. The molecule has 2 aliphatic rings. The van der Waals surface area contributed by atoms with Crippen LogP contribution in [0.25, 0.3) is 16.9 Å². The summed E-state index contributed by atoms with van der Waals surface area (Å²) in [6.45, 7) is 4.76. The number of halogens is 1. The van der Waals surface area contributed by atoms with Crippen molar-refractivity contribution in [2.24, 2.45) is 5.92 Å². The Morgan fingerprint density at radius 3 is 3.04 bits per heavy atom. The number of hydrogen-bond donors (Lipinski definition) is 2. The van der Waals surface area contributed by atoms with Crippen LogP contribution in [0.15, 0.2) is 18.7 Å². The molecule has 0 spiro atoms. The molecule has 0 bridgehead atoms. The molecular weight excluding hydrogens is 363 g/mol. The molecule has 2 fully saturated rings. The third-order valence-corrected chi connectivity index (χ3v) is 5.48. The van der Waals surface area contributed by atoms with Gasteiger partial charge in [-0.15, -0.1) is 5.10 Å². The molecule has 2 N–H and O–H groups in total. The second-order valence-corrected chi connectivity index (χ2v) is 7.60. The number of alkyl halides is 1. The maximum atomic E-state index is 14.1. The minimum absolute atomic E-state index is 0.105. The minimum atomic E-state index is -1.07. The molecule has 5 heterocycles. The fraction of sp³-hybridized carbons (Fsp3) is 0.556. The van der Waals surface area contributed by atoms with Gasteiger partial charge in [-0.1, -0.05) is 6.92 Å². The minimum Gasteiger partial charge on any atom is -0.378 e. The van der Waals surface area contributed by atoms with Gasteiger partial charge in [-0.3, -0.25) is 5.10 Å². The van der Waals surface area contributed by atoms with E-state index in [1.807, 2.05) is 6.20 Å². The third-order valence-electron chi connectivity index (χ3n) is 5.48. The summed E-state index contributed by atoms with van der Waals surface area (Å²) in [7, 11) is 0. The van der Waals surface area contributed by atoms with E-state index in [2.05, 4.69) is 37.4 Å². The van der Waals surface area contributed by atoms with Crippen molar-refractivity contribution < 1.29 is 9.13 Å². The average Bonchev–Trinajstić information content (AvgIpc) is 3.43. The van der Waals surface area contributed by atoms with Crippen LogP contribution in [0.1, 0.15) is 19.8 Å².